The molecule has 2 aromatic rings. The van der Waals surface area contributed by atoms with Crippen molar-refractivity contribution in [3.63, 3.8) is 0 Å². The van der Waals surface area contributed by atoms with E-state index in [0.29, 0.717) is 30.7 Å². The maximum atomic E-state index is 13.5. The molecule has 0 unspecified atom stereocenters. The van der Waals surface area contributed by atoms with Crippen LogP contribution in [0.4, 0.5) is 4.79 Å². The number of hydrogen-bond acceptors (Lipinski definition) is 6. The van der Waals surface area contributed by atoms with E-state index < -0.39 is 29.7 Å². The summed E-state index contributed by atoms with van der Waals surface area (Å²) >= 11 is 0. The molecule has 1 aliphatic rings. The molecule has 8 heteroatoms. The predicted molar refractivity (Wildman–Crippen MR) is 121 cm³/mol. The van der Waals surface area contributed by atoms with Gasteiger partial charge in [-0.25, -0.2) is 9.86 Å². The highest BCUT2D eigenvalue weighted by Crippen LogP contribution is 2.29. The average molecular weight is 445 g/mol. The number of carbonyl (C=O) groups excluding carboxylic acids is 2. The Morgan fingerprint density at radius 2 is 1.78 bits per heavy atom. The second-order valence-corrected chi connectivity index (χ2v) is 8.92. The number of fused-ring (bicyclic) bond motifs is 1. The van der Waals surface area contributed by atoms with Crippen molar-refractivity contribution >= 4 is 22.8 Å². The molecular formula is C24H32N2O6. The zero-order valence-electron chi connectivity index (χ0n) is 19.3. The Kier molecular flexibility index (Phi) is 7.26. The van der Waals surface area contributed by atoms with Crippen molar-refractivity contribution in [1.29, 1.82) is 0 Å². The molecule has 0 saturated carbocycles. The first-order chi connectivity index (χ1) is 15.1. The Hall–Kier alpha value is -2.84. The van der Waals surface area contributed by atoms with E-state index in [4.69, 9.17) is 14.3 Å². The summed E-state index contributed by atoms with van der Waals surface area (Å²) in [6.07, 6.45) is -0.338. The van der Waals surface area contributed by atoms with Crippen LogP contribution in [0.25, 0.3) is 10.8 Å². The summed E-state index contributed by atoms with van der Waals surface area (Å²) in [5, 5.41) is 13.8. The third kappa shape index (κ3) is 5.31. The number of methoxy groups -OCH3 is 1. The first-order valence-electron chi connectivity index (χ1n) is 10.7. The molecule has 1 heterocycles. The van der Waals surface area contributed by atoms with Gasteiger partial charge in [0.1, 0.15) is 17.4 Å². The largest absolute Gasteiger partial charge is 0.496 e. The smallest absolute Gasteiger partial charge is 0.410 e. The maximum Gasteiger partial charge on any atom is 0.410 e. The Balaban J connectivity index is 1.92. The molecule has 1 N–H and O–H groups in total. The molecule has 0 bridgehead atoms. The Morgan fingerprint density at radius 1 is 1.12 bits per heavy atom. The van der Waals surface area contributed by atoms with Gasteiger partial charge in [0.2, 0.25) is 0 Å². The second-order valence-electron chi connectivity index (χ2n) is 8.92. The average Bonchev–Trinajstić information content (AvgIpc) is 2.94. The minimum Gasteiger partial charge on any atom is -0.496 e. The van der Waals surface area contributed by atoms with Gasteiger partial charge in [0.25, 0.3) is 5.91 Å². The molecule has 2 atom stereocenters. The van der Waals surface area contributed by atoms with Crippen LogP contribution in [0.3, 0.4) is 0 Å². The Bertz CT molecular complexity index is 971. The van der Waals surface area contributed by atoms with Gasteiger partial charge in [-0.3, -0.25) is 9.63 Å². The number of benzene rings is 2. The van der Waals surface area contributed by atoms with Crippen molar-refractivity contribution in [3.8, 4) is 5.75 Å². The molecule has 2 amide bonds. The number of aliphatic hydroxyl groups is 1. The Labute approximate surface area is 188 Å². The number of hydrogen-bond donors (Lipinski definition) is 1. The van der Waals surface area contributed by atoms with Crippen LogP contribution in [0.1, 0.15) is 44.0 Å². The highest BCUT2D eigenvalue weighted by Gasteiger charge is 2.37. The van der Waals surface area contributed by atoms with Crippen LogP contribution in [0, 0.1) is 0 Å². The monoisotopic (exact) mass is 444 g/mol. The van der Waals surface area contributed by atoms with E-state index in [2.05, 4.69) is 0 Å². The third-order valence-electron chi connectivity index (χ3n) is 5.43. The van der Waals surface area contributed by atoms with Crippen LogP contribution in [0.15, 0.2) is 36.4 Å². The summed E-state index contributed by atoms with van der Waals surface area (Å²) in [7, 11) is 2.88. The summed E-state index contributed by atoms with van der Waals surface area (Å²) in [5.74, 6) is -0.0481. The molecule has 32 heavy (non-hydrogen) atoms. The highest BCUT2D eigenvalue weighted by atomic mass is 16.7. The van der Waals surface area contributed by atoms with Gasteiger partial charge < -0.3 is 19.5 Å². The minimum absolute atomic E-state index is 0.0888. The predicted octanol–water partition coefficient (Wildman–Crippen LogP) is 3.61. The number of amides is 2. The lowest BCUT2D eigenvalue weighted by Gasteiger charge is -2.34. The van der Waals surface area contributed by atoms with E-state index >= 15 is 0 Å². The summed E-state index contributed by atoms with van der Waals surface area (Å²) in [4.78, 5) is 33.2. The molecule has 174 valence electrons. The molecule has 1 fully saturated rings. The first kappa shape index (κ1) is 23.8. The third-order valence-corrected chi connectivity index (χ3v) is 5.43. The number of rotatable bonds is 4. The number of hydroxylamine groups is 2. The molecule has 3 rings (SSSR count). The van der Waals surface area contributed by atoms with E-state index in [1.165, 1.54) is 19.1 Å². The number of carbonyl (C=O) groups is 2. The SMILES string of the molecule is COc1cc2ccccc2cc1C(=O)N(OC)[C@@H]1CN(C(=O)OC(C)(C)C)CCC[C@H]1O. The lowest BCUT2D eigenvalue weighted by atomic mass is 10.0. The number of likely N-dealkylation sites (tertiary alicyclic amines) is 1. The zero-order chi connectivity index (χ0) is 23.5. The molecule has 0 radical (unpaired) electrons. The van der Waals surface area contributed by atoms with E-state index in [0.717, 1.165) is 15.8 Å². The summed E-state index contributed by atoms with van der Waals surface area (Å²) in [5.41, 5.74) is -0.333. The van der Waals surface area contributed by atoms with Crippen LogP contribution in [-0.2, 0) is 9.57 Å². The number of nitrogens with zero attached hydrogens (tertiary/aromatic N) is 2. The van der Waals surface area contributed by atoms with Crippen molar-refractivity contribution in [2.24, 2.45) is 0 Å². The maximum absolute atomic E-state index is 13.5. The van der Waals surface area contributed by atoms with Crippen LogP contribution in [0.2, 0.25) is 0 Å². The molecule has 1 saturated heterocycles. The molecule has 8 nitrogen and oxygen atoms in total. The fraction of sp³-hybridized carbons (Fsp3) is 0.500. The minimum atomic E-state index is -0.863. The Morgan fingerprint density at radius 3 is 2.38 bits per heavy atom. The van der Waals surface area contributed by atoms with Crippen molar-refractivity contribution in [2.45, 2.75) is 51.4 Å². The molecule has 0 aliphatic carbocycles. The standard InChI is InChI=1S/C24H32N2O6/c1-24(2,3)32-23(29)25-12-8-11-20(27)19(15-25)26(31-5)22(28)18-13-16-9-6-7-10-17(16)14-21(18)30-4/h6-7,9-10,13-14,19-20,27H,8,11-12,15H2,1-5H3/t19-,20-/m1/s1. The van der Waals surface area contributed by atoms with Gasteiger partial charge in [-0.15, -0.1) is 0 Å². The van der Waals surface area contributed by atoms with Gasteiger partial charge in [0.15, 0.2) is 0 Å². The van der Waals surface area contributed by atoms with Crippen molar-refractivity contribution in [2.75, 3.05) is 27.3 Å². The molecular weight excluding hydrogens is 412 g/mol. The van der Waals surface area contributed by atoms with E-state index in [-0.39, 0.29) is 6.54 Å². The lowest BCUT2D eigenvalue weighted by Crippen LogP contribution is -2.52. The van der Waals surface area contributed by atoms with Crippen molar-refractivity contribution in [1.82, 2.24) is 9.96 Å². The van der Waals surface area contributed by atoms with E-state index in [9.17, 15) is 14.7 Å². The summed E-state index contributed by atoms with van der Waals surface area (Å²) in [6.45, 7) is 5.91. The zero-order valence-corrected chi connectivity index (χ0v) is 19.3. The van der Waals surface area contributed by atoms with E-state index in [1.54, 1.807) is 32.9 Å². The summed E-state index contributed by atoms with van der Waals surface area (Å²) in [6, 6.07) is 10.4. The molecule has 0 spiro atoms. The lowest BCUT2D eigenvalue weighted by molar-refractivity contribution is -0.149. The molecule has 1 aliphatic heterocycles. The van der Waals surface area contributed by atoms with Crippen molar-refractivity contribution < 1.29 is 29.0 Å². The number of ether oxygens (including phenoxy) is 2. The molecule has 2 aromatic carbocycles. The fourth-order valence-electron chi connectivity index (χ4n) is 3.89. The van der Waals surface area contributed by atoms with Crippen LogP contribution >= 0.6 is 0 Å². The summed E-state index contributed by atoms with van der Waals surface area (Å²) < 4.78 is 11.0. The van der Waals surface area contributed by atoms with Gasteiger partial charge in [-0.1, -0.05) is 24.3 Å². The quantitative estimate of drug-likeness (QED) is 0.725. The highest BCUT2D eigenvalue weighted by molar-refractivity contribution is 6.01. The number of aliphatic hydroxyl groups excluding tert-OH is 1. The van der Waals surface area contributed by atoms with Gasteiger partial charge >= 0.3 is 6.09 Å². The fourth-order valence-corrected chi connectivity index (χ4v) is 3.89. The topological polar surface area (TPSA) is 88.5 Å². The normalized spacial score (nSPS) is 19.4. The second kappa shape index (κ2) is 9.75. The van der Waals surface area contributed by atoms with Crippen molar-refractivity contribution in [3.05, 3.63) is 42.0 Å². The van der Waals surface area contributed by atoms with Gasteiger partial charge in [0, 0.05) is 13.1 Å². The van der Waals surface area contributed by atoms with Gasteiger partial charge in [0.05, 0.1) is 25.9 Å². The van der Waals surface area contributed by atoms with Crippen LogP contribution < -0.4 is 4.74 Å². The van der Waals surface area contributed by atoms with Crippen LogP contribution in [0.5, 0.6) is 5.75 Å². The van der Waals surface area contributed by atoms with E-state index in [1.807, 2.05) is 24.3 Å². The molecule has 0 aromatic heterocycles. The van der Waals surface area contributed by atoms with Gasteiger partial charge in [-0.05, 0) is 56.5 Å². The van der Waals surface area contributed by atoms with Crippen LogP contribution in [-0.4, -0.2) is 72.1 Å². The van der Waals surface area contributed by atoms with Gasteiger partial charge in [-0.2, -0.15) is 0 Å². The first-order valence-corrected chi connectivity index (χ1v) is 10.7.